The molecule has 1 aliphatic rings. The number of hydrogen-bond acceptors (Lipinski definition) is 4. The molecule has 0 bridgehead atoms. The molecule has 1 atom stereocenters. The second-order valence-electron chi connectivity index (χ2n) is 5.68. The van der Waals surface area contributed by atoms with Crippen molar-refractivity contribution in [3.05, 3.63) is 28.8 Å². The summed E-state index contributed by atoms with van der Waals surface area (Å²) in [5.74, 6) is -1.06. The lowest BCUT2D eigenvalue weighted by Gasteiger charge is -2.21. The zero-order valence-corrected chi connectivity index (χ0v) is 13.8. The van der Waals surface area contributed by atoms with Gasteiger partial charge in [-0.3, -0.25) is 9.59 Å². The number of benzene rings is 1. The van der Waals surface area contributed by atoms with Crippen LogP contribution in [0.5, 0.6) is 0 Å². The maximum absolute atomic E-state index is 12.2. The predicted molar refractivity (Wildman–Crippen MR) is 86.4 cm³/mol. The van der Waals surface area contributed by atoms with Crippen LogP contribution >= 0.6 is 11.6 Å². The molecule has 1 fully saturated rings. The molecule has 7 heteroatoms. The average molecular weight is 339 g/mol. The van der Waals surface area contributed by atoms with Gasteiger partial charge in [-0.15, -0.1) is 0 Å². The molecule has 6 nitrogen and oxygen atoms in total. The molecule has 0 radical (unpaired) electrons. The summed E-state index contributed by atoms with van der Waals surface area (Å²) >= 11 is 6.01. The molecular weight excluding hydrogens is 320 g/mol. The Balaban J connectivity index is 2.07. The summed E-state index contributed by atoms with van der Waals surface area (Å²) in [4.78, 5) is 35.3. The Kier molecular flexibility index (Phi) is 5.60. The van der Waals surface area contributed by atoms with Gasteiger partial charge in [0.1, 0.15) is 0 Å². The van der Waals surface area contributed by atoms with Crippen molar-refractivity contribution in [2.75, 3.05) is 11.9 Å². The van der Waals surface area contributed by atoms with E-state index >= 15 is 0 Å². The van der Waals surface area contributed by atoms with Crippen molar-refractivity contribution in [2.45, 2.75) is 32.8 Å². The maximum Gasteiger partial charge on any atom is 0.339 e. The van der Waals surface area contributed by atoms with Gasteiger partial charge in [-0.05, 0) is 38.5 Å². The van der Waals surface area contributed by atoms with E-state index in [4.69, 9.17) is 16.3 Å². The Morgan fingerprint density at radius 3 is 2.74 bits per heavy atom. The maximum atomic E-state index is 12.2. The second-order valence-corrected chi connectivity index (χ2v) is 6.08. The van der Waals surface area contributed by atoms with E-state index in [9.17, 15) is 14.4 Å². The molecule has 23 heavy (non-hydrogen) atoms. The number of piperidine rings is 1. The highest BCUT2D eigenvalue weighted by molar-refractivity contribution is 6.33. The van der Waals surface area contributed by atoms with Crippen LogP contribution < -0.4 is 10.6 Å². The minimum atomic E-state index is -0.536. The van der Waals surface area contributed by atoms with Gasteiger partial charge in [0.2, 0.25) is 11.8 Å². The fraction of sp³-hybridized carbons (Fsp3) is 0.438. The molecule has 1 heterocycles. The molecular formula is C16H19ClN2O4. The van der Waals surface area contributed by atoms with Crippen molar-refractivity contribution in [3.63, 3.8) is 0 Å². The number of anilines is 1. The lowest BCUT2D eigenvalue weighted by molar-refractivity contribution is -0.126. The van der Waals surface area contributed by atoms with Gasteiger partial charge in [-0.2, -0.15) is 0 Å². The van der Waals surface area contributed by atoms with Gasteiger partial charge in [0, 0.05) is 18.7 Å². The quantitative estimate of drug-likeness (QED) is 0.825. The number of carbonyl (C=O) groups excluding carboxylic acids is 3. The van der Waals surface area contributed by atoms with Gasteiger partial charge in [-0.25, -0.2) is 4.79 Å². The van der Waals surface area contributed by atoms with Crippen LogP contribution in [0.1, 0.15) is 37.0 Å². The summed E-state index contributed by atoms with van der Waals surface area (Å²) in [7, 11) is 0. The first-order valence-electron chi connectivity index (χ1n) is 7.45. The molecule has 1 aliphatic heterocycles. The van der Waals surface area contributed by atoms with Crippen LogP contribution in [0, 0.1) is 5.92 Å². The number of ether oxygens (including phenoxy) is 1. The summed E-state index contributed by atoms with van der Waals surface area (Å²) in [6.45, 7) is 3.81. The number of esters is 1. The van der Waals surface area contributed by atoms with E-state index in [-0.39, 0.29) is 34.4 Å². The van der Waals surface area contributed by atoms with Crippen LogP contribution in [0.25, 0.3) is 0 Å². The topological polar surface area (TPSA) is 84.5 Å². The zero-order chi connectivity index (χ0) is 17.0. The van der Waals surface area contributed by atoms with E-state index in [0.717, 1.165) is 0 Å². The summed E-state index contributed by atoms with van der Waals surface area (Å²) < 4.78 is 5.12. The monoisotopic (exact) mass is 338 g/mol. The molecule has 124 valence electrons. The third-order valence-electron chi connectivity index (χ3n) is 3.43. The van der Waals surface area contributed by atoms with E-state index in [1.165, 1.54) is 12.1 Å². The fourth-order valence-corrected chi connectivity index (χ4v) is 2.43. The zero-order valence-electron chi connectivity index (χ0n) is 13.0. The summed E-state index contributed by atoms with van der Waals surface area (Å²) in [6, 6.07) is 4.65. The number of rotatable bonds is 4. The Morgan fingerprint density at radius 1 is 1.39 bits per heavy atom. The first-order valence-corrected chi connectivity index (χ1v) is 7.82. The standard InChI is InChI=1S/C16H19ClN2O4/c1-9(2)23-16(22)12-7-11(4-5-13(12)17)19-15(21)10-3-6-14(20)18-8-10/h4-5,7,9-10H,3,6,8H2,1-2H3,(H,18,20)(H,19,21). The Morgan fingerprint density at radius 2 is 2.13 bits per heavy atom. The van der Waals surface area contributed by atoms with Gasteiger partial charge in [0.05, 0.1) is 22.6 Å². The predicted octanol–water partition coefficient (Wildman–Crippen LogP) is 2.37. The van der Waals surface area contributed by atoms with Gasteiger partial charge >= 0.3 is 5.97 Å². The Hall–Kier alpha value is -2.08. The molecule has 1 saturated heterocycles. The van der Waals surface area contributed by atoms with Crippen molar-refractivity contribution in [3.8, 4) is 0 Å². The second kappa shape index (κ2) is 7.46. The van der Waals surface area contributed by atoms with Crippen molar-refractivity contribution in [1.29, 1.82) is 0 Å². The lowest BCUT2D eigenvalue weighted by Crippen LogP contribution is -2.40. The van der Waals surface area contributed by atoms with E-state index in [1.54, 1.807) is 19.9 Å². The molecule has 2 N–H and O–H groups in total. The third-order valence-corrected chi connectivity index (χ3v) is 3.76. The van der Waals surface area contributed by atoms with Gasteiger partial charge < -0.3 is 15.4 Å². The molecule has 2 amide bonds. The van der Waals surface area contributed by atoms with E-state index in [2.05, 4.69) is 10.6 Å². The van der Waals surface area contributed by atoms with Crippen LogP contribution in [0.2, 0.25) is 5.02 Å². The molecule has 0 saturated carbocycles. The summed E-state index contributed by atoms with van der Waals surface area (Å²) in [5, 5.41) is 5.67. The SMILES string of the molecule is CC(C)OC(=O)c1cc(NC(=O)C2CCC(=O)NC2)ccc1Cl. The smallest absolute Gasteiger partial charge is 0.339 e. The number of hydrogen-bond donors (Lipinski definition) is 2. The highest BCUT2D eigenvalue weighted by Gasteiger charge is 2.25. The highest BCUT2D eigenvalue weighted by atomic mass is 35.5. The molecule has 1 unspecified atom stereocenters. The minimum Gasteiger partial charge on any atom is -0.459 e. The van der Waals surface area contributed by atoms with Crippen LogP contribution in [0.15, 0.2) is 18.2 Å². The first kappa shape index (κ1) is 17.3. The molecule has 2 rings (SSSR count). The van der Waals surface area contributed by atoms with Crippen molar-refractivity contribution in [1.82, 2.24) is 5.32 Å². The summed E-state index contributed by atoms with van der Waals surface area (Å²) in [6.07, 6.45) is 0.584. The highest BCUT2D eigenvalue weighted by Crippen LogP contribution is 2.23. The van der Waals surface area contributed by atoms with Gasteiger partial charge in [0.15, 0.2) is 0 Å². The van der Waals surface area contributed by atoms with E-state index in [1.807, 2.05) is 0 Å². The molecule has 0 spiro atoms. The van der Waals surface area contributed by atoms with Crippen molar-refractivity contribution in [2.24, 2.45) is 5.92 Å². The number of nitrogens with one attached hydrogen (secondary N) is 2. The number of halogens is 1. The van der Waals surface area contributed by atoms with Crippen LogP contribution in [0.4, 0.5) is 5.69 Å². The molecule has 0 aromatic heterocycles. The average Bonchev–Trinajstić information content (AvgIpc) is 2.49. The Bertz CT molecular complexity index is 621. The number of amides is 2. The van der Waals surface area contributed by atoms with Gasteiger partial charge in [0.25, 0.3) is 0 Å². The van der Waals surface area contributed by atoms with Crippen molar-refractivity contribution >= 4 is 35.1 Å². The lowest BCUT2D eigenvalue weighted by atomic mass is 9.98. The van der Waals surface area contributed by atoms with Gasteiger partial charge in [-0.1, -0.05) is 11.6 Å². The van der Waals surface area contributed by atoms with Crippen molar-refractivity contribution < 1.29 is 19.1 Å². The summed E-state index contributed by atoms with van der Waals surface area (Å²) in [5.41, 5.74) is 0.669. The first-order chi connectivity index (χ1) is 10.9. The van der Waals surface area contributed by atoms with E-state index < -0.39 is 5.97 Å². The Labute approximate surface area is 139 Å². The van der Waals surface area contributed by atoms with Crippen LogP contribution in [-0.4, -0.2) is 30.4 Å². The fourth-order valence-electron chi connectivity index (χ4n) is 2.24. The minimum absolute atomic E-state index is 0.0424. The molecule has 0 aliphatic carbocycles. The van der Waals surface area contributed by atoms with Crippen LogP contribution in [0.3, 0.4) is 0 Å². The van der Waals surface area contributed by atoms with E-state index in [0.29, 0.717) is 25.1 Å². The molecule has 1 aromatic rings. The third kappa shape index (κ3) is 4.69. The number of carbonyl (C=O) groups is 3. The normalized spacial score (nSPS) is 17.6. The molecule has 1 aromatic carbocycles. The largest absolute Gasteiger partial charge is 0.459 e. The van der Waals surface area contributed by atoms with Crippen LogP contribution in [-0.2, 0) is 14.3 Å².